The second kappa shape index (κ2) is 3.92. The third-order valence-corrected chi connectivity index (χ3v) is 2.60. The van der Waals surface area contributed by atoms with Crippen molar-refractivity contribution in [1.82, 2.24) is 0 Å². The van der Waals surface area contributed by atoms with E-state index in [1.165, 1.54) is 6.07 Å². The quantitative estimate of drug-likeness (QED) is 0.658. The molecule has 14 heavy (non-hydrogen) atoms. The number of hydrogen-bond donors (Lipinski definition) is 3. The molecule has 0 radical (unpaired) electrons. The number of carbonyl (C=O) groups is 1. The van der Waals surface area contributed by atoms with E-state index in [9.17, 15) is 9.90 Å². The van der Waals surface area contributed by atoms with Crippen LogP contribution >= 0.6 is 12.6 Å². The summed E-state index contributed by atoms with van der Waals surface area (Å²) in [6, 6.07) is 1.47. The van der Waals surface area contributed by atoms with Gasteiger partial charge in [0, 0.05) is 5.75 Å². The molecule has 0 aliphatic rings. The van der Waals surface area contributed by atoms with Gasteiger partial charge in [-0.15, -0.1) is 0 Å². The lowest BCUT2D eigenvalue weighted by Crippen LogP contribution is -2.02. The summed E-state index contributed by atoms with van der Waals surface area (Å²) < 4.78 is 0. The maximum Gasteiger partial charge on any atom is 0.339 e. The van der Waals surface area contributed by atoms with Crippen LogP contribution in [0.3, 0.4) is 0 Å². The number of carboxylic acids is 1. The summed E-state index contributed by atoms with van der Waals surface area (Å²) in [4.78, 5) is 10.7. The van der Waals surface area contributed by atoms with E-state index in [1.807, 2.05) is 6.92 Å². The van der Waals surface area contributed by atoms with E-state index in [0.29, 0.717) is 11.3 Å². The zero-order valence-corrected chi connectivity index (χ0v) is 8.93. The Hall–Kier alpha value is -1.16. The number of hydrogen-bond acceptors (Lipinski definition) is 3. The molecule has 0 atom stereocenters. The third-order valence-electron chi connectivity index (χ3n) is 2.29. The van der Waals surface area contributed by atoms with Crippen molar-refractivity contribution in [3.63, 3.8) is 0 Å². The Labute approximate surface area is 87.8 Å². The first kappa shape index (κ1) is 10.9. The standard InChI is InChI=1S/C10H12O3S/c1-5-3-7(10(12)13)9(11)6(2)8(5)4-14/h3,11,14H,4H2,1-2H3,(H,12,13). The predicted octanol–water partition coefficient (Wildman–Crippen LogP) is 2.14. The molecule has 0 saturated heterocycles. The molecular formula is C10H12O3S. The lowest BCUT2D eigenvalue weighted by Gasteiger charge is -2.11. The van der Waals surface area contributed by atoms with Gasteiger partial charge in [0.25, 0.3) is 0 Å². The fourth-order valence-corrected chi connectivity index (χ4v) is 1.91. The smallest absolute Gasteiger partial charge is 0.339 e. The Kier molecular flexibility index (Phi) is 3.06. The Bertz CT molecular complexity index is 385. The van der Waals surface area contributed by atoms with E-state index in [1.54, 1.807) is 6.92 Å². The van der Waals surface area contributed by atoms with Crippen molar-refractivity contribution >= 4 is 18.6 Å². The molecule has 0 bridgehead atoms. The molecular weight excluding hydrogens is 200 g/mol. The van der Waals surface area contributed by atoms with Crippen LogP contribution in [0, 0.1) is 13.8 Å². The van der Waals surface area contributed by atoms with Gasteiger partial charge in [-0.3, -0.25) is 0 Å². The molecule has 0 aliphatic carbocycles. The molecule has 1 aromatic rings. The van der Waals surface area contributed by atoms with Gasteiger partial charge >= 0.3 is 5.97 Å². The second-order valence-electron chi connectivity index (χ2n) is 3.16. The molecule has 0 heterocycles. The Morgan fingerprint density at radius 1 is 1.50 bits per heavy atom. The molecule has 0 amide bonds. The van der Waals surface area contributed by atoms with E-state index in [0.717, 1.165) is 11.1 Å². The molecule has 0 fully saturated rings. The van der Waals surface area contributed by atoms with Crippen LogP contribution in [0.25, 0.3) is 0 Å². The van der Waals surface area contributed by atoms with Crippen molar-refractivity contribution in [3.8, 4) is 5.75 Å². The van der Waals surface area contributed by atoms with Crippen LogP contribution in [0.1, 0.15) is 27.0 Å². The van der Waals surface area contributed by atoms with Crippen LogP contribution < -0.4 is 0 Å². The number of aromatic hydroxyl groups is 1. The summed E-state index contributed by atoms with van der Waals surface area (Å²) in [6.07, 6.45) is 0. The number of aromatic carboxylic acids is 1. The van der Waals surface area contributed by atoms with Crippen molar-refractivity contribution in [1.29, 1.82) is 0 Å². The third kappa shape index (κ3) is 1.70. The number of thiol groups is 1. The molecule has 3 nitrogen and oxygen atoms in total. The van der Waals surface area contributed by atoms with E-state index in [2.05, 4.69) is 12.6 Å². The minimum Gasteiger partial charge on any atom is -0.507 e. The first-order valence-electron chi connectivity index (χ1n) is 4.15. The minimum atomic E-state index is -1.11. The fourth-order valence-electron chi connectivity index (χ4n) is 1.42. The maximum absolute atomic E-state index is 10.7. The summed E-state index contributed by atoms with van der Waals surface area (Å²) in [7, 11) is 0. The van der Waals surface area contributed by atoms with Crippen LogP contribution in [0.2, 0.25) is 0 Å². The fraction of sp³-hybridized carbons (Fsp3) is 0.300. The minimum absolute atomic E-state index is 0.0504. The van der Waals surface area contributed by atoms with Crippen LogP contribution in [-0.4, -0.2) is 16.2 Å². The molecule has 4 heteroatoms. The van der Waals surface area contributed by atoms with Gasteiger partial charge in [0.2, 0.25) is 0 Å². The highest BCUT2D eigenvalue weighted by Crippen LogP contribution is 2.29. The monoisotopic (exact) mass is 212 g/mol. The first-order chi connectivity index (χ1) is 6.49. The van der Waals surface area contributed by atoms with Crippen LogP contribution in [-0.2, 0) is 5.75 Å². The molecule has 0 unspecified atom stereocenters. The summed E-state index contributed by atoms with van der Waals surface area (Å²) in [5.74, 6) is -0.781. The predicted molar refractivity (Wildman–Crippen MR) is 57.2 cm³/mol. The molecule has 1 aromatic carbocycles. The molecule has 0 saturated carbocycles. The van der Waals surface area contributed by atoms with Gasteiger partial charge in [0.05, 0.1) is 0 Å². The molecule has 2 N–H and O–H groups in total. The van der Waals surface area contributed by atoms with E-state index >= 15 is 0 Å². The van der Waals surface area contributed by atoms with Gasteiger partial charge in [0.15, 0.2) is 0 Å². The van der Waals surface area contributed by atoms with Crippen molar-refractivity contribution in [2.75, 3.05) is 0 Å². The first-order valence-corrected chi connectivity index (χ1v) is 4.78. The van der Waals surface area contributed by atoms with E-state index in [-0.39, 0.29) is 11.3 Å². The molecule has 0 spiro atoms. The van der Waals surface area contributed by atoms with Crippen LogP contribution in [0.4, 0.5) is 0 Å². The molecule has 1 rings (SSSR count). The Morgan fingerprint density at radius 3 is 2.50 bits per heavy atom. The average Bonchev–Trinajstić information content (AvgIpc) is 2.12. The Balaban J connectivity index is 3.47. The number of benzene rings is 1. The maximum atomic E-state index is 10.7. The number of rotatable bonds is 2. The summed E-state index contributed by atoms with van der Waals surface area (Å²) >= 11 is 4.12. The lowest BCUT2D eigenvalue weighted by molar-refractivity contribution is 0.0693. The van der Waals surface area contributed by atoms with Gasteiger partial charge in [0.1, 0.15) is 11.3 Å². The van der Waals surface area contributed by atoms with Gasteiger partial charge in [-0.1, -0.05) is 0 Å². The zero-order chi connectivity index (χ0) is 10.9. The molecule has 0 aliphatic heterocycles. The Morgan fingerprint density at radius 2 is 2.07 bits per heavy atom. The lowest BCUT2D eigenvalue weighted by atomic mass is 9.99. The molecule has 0 aromatic heterocycles. The summed E-state index contributed by atoms with van der Waals surface area (Å²) in [6.45, 7) is 3.50. The highest BCUT2D eigenvalue weighted by molar-refractivity contribution is 7.79. The van der Waals surface area contributed by atoms with Crippen molar-refractivity contribution in [2.45, 2.75) is 19.6 Å². The van der Waals surface area contributed by atoms with E-state index in [4.69, 9.17) is 5.11 Å². The largest absolute Gasteiger partial charge is 0.507 e. The highest BCUT2D eigenvalue weighted by atomic mass is 32.1. The van der Waals surface area contributed by atoms with Crippen molar-refractivity contribution in [3.05, 3.63) is 28.3 Å². The normalized spacial score (nSPS) is 10.2. The zero-order valence-electron chi connectivity index (χ0n) is 8.03. The summed E-state index contributed by atoms with van der Waals surface area (Å²) in [5, 5.41) is 18.4. The SMILES string of the molecule is Cc1cc(C(=O)O)c(O)c(C)c1CS. The van der Waals surface area contributed by atoms with Gasteiger partial charge in [-0.2, -0.15) is 12.6 Å². The van der Waals surface area contributed by atoms with Gasteiger partial charge < -0.3 is 10.2 Å². The number of phenols is 1. The van der Waals surface area contributed by atoms with Crippen molar-refractivity contribution in [2.24, 2.45) is 0 Å². The average molecular weight is 212 g/mol. The second-order valence-corrected chi connectivity index (χ2v) is 3.47. The molecule has 76 valence electrons. The van der Waals surface area contributed by atoms with Crippen molar-refractivity contribution < 1.29 is 15.0 Å². The number of aryl methyl sites for hydroxylation is 1. The van der Waals surface area contributed by atoms with Crippen LogP contribution in [0.5, 0.6) is 5.75 Å². The van der Waals surface area contributed by atoms with Gasteiger partial charge in [-0.05, 0) is 36.6 Å². The van der Waals surface area contributed by atoms with E-state index < -0.39 is 5.97 Å². The van der Waals surface area contributed by atoms with Crippen LogP contribution in [0.15, 0.2) is 6.07 Å². The highest BCUT2D eigenvalue weighted by Gasteiger charge is 2.15. The summed E-state index contributed by atoms with van der Waals surface area (Å²) in [5.41, 5.74) is 2.27. The van der Waals surface area contributed by atoms with Gasteiger partial charge in [-0.25, -0.2) is 4.79 Å². The topological polar surface area (TPSA) is 57.5 Å². The number of carboxylic acid groups (broad SMARTS) is 1.